The Bertz CT molecular complexity index is 449. The molecule has 1 aromatic carbocycles. The first-order valence-corrected chi connectivity index (χ1v) is 5.98. The van der Waals surface area contributed by atoms with Crippen LogP contribution in [0, 0.1) is 6.92 Å². The van der Waals surface area contributed by atoms with Crippen LogP contribution in [0.2, 0.25) is 5.02 Å². The summed E-state index contributed by atoms with van der Waals surface area (Å²) in [4.78, 5) is 22.7. The van der Waals surface area contributed by atoms with E-state index in [1.807, 2.05) is 13.8 Å². The minimum atomic E-state index is -0.424. The molecule has 5 nitrogen and oxygen atoms in total. The number of urea groups is 1. The van der Waals surface area contributed by atoms with Crippen molar-refractivity contribution in [1.82, 2.24) is 10.6 Å². The third-order valence-electron chi connectivity index (χ3n) is 2.22. The van der Waals surface area contributed by atoms with Crippen molar-refractivity contribution in [3.05, 3.63) is 28.8 Å². The number of likely N-dealkylation sites (N-methyl/N-ethyl adjacent to an activating group) is 1. The molecule has 18 heavy (non-hydrogen) atoms. The van der Waals surface area contributed by atoms with Crippen molar-refractivity contribution in [3.8, 4) is 0 Å². The fraction of sp³-hybridized carbons (Fsp3) is 0.333. The lowest BCUT2D eigenvalue weighted by Crippen LogP contribution is -2.38. The fourth-order valence-corrected chi connectivity index (χ4v) is 1.58. The lowest BCUT2D eigenvalue weighted by Gasteiger charge is -2.10. The van der Waals surface area contributed by atoms with E-state index >= 15 is 0 Å². The Hall–Kier alpha value is -1.75. The Morgan fingerprint density at radius 2 is 2.00 bits per heavy atom. The molecule has 0 fully saturated rings. The lowest BCUT2D eigenvalue weighted by molar-refractivity contribution is -0.119. The fourth-order valence-electron chi connectivity index (χ4n) is 1.35. The molecule has 0 unspecified atom stereocenters. The first-order valence-electron chi connectivity index (χ1n) is 5.60. The van der Waals surface area contributed by atoms with Crippen LogP contribution in [0.1, 0.15) is 12.5 Å². The molecular weight excluding hydrogens is 254 g/mol. The van der Waals surface area contributed by atoms with Gasteiger partial charge in [-0.1, -0.05) is 11.6 Å². The van der Waals surface area contributed by atoms with Crippen LogP contribution in [-0.4, -0.2) is 25.0 Å². The average molecular weight is 270 g/mol. The van der Waals surface area contributed by atoms with Crippen LogP contribution in [0.3, 0.4) is 0 Å². The van der Waals surface area contributed by atoms with E-state index in [0.29, 0.717) is 17.3 Å². The summed E-state index contributed by atoms with van der Waals surface area (Å²) < 4.78 is 0. The highest BCUT2D eigenvalue weighted by atomic mass is 35.5. The molecule has 0 aromatic heterocycles. The number of hydrogen-bond donors (Lipinski definition) is 3. The third-order valence-corrected chi connectivity index (χ3v) is 2.46. The summed E-state index contributed by atoms with van der Waals surface area (Å²) >= 11 is 5.81. The van der Waals surface area contributed by atoms with Gasteiger partial charge in [-0.2, -0.15) is 0 Å². The van der Waals surface area contributed by atoms with Crippen LogP contribution in [-0.2, 0) is 4.79 Å². The Morgan fingerprint density at radius 1 is 1.28 bits per heavy atom. The van der Waals surface area contributed by atoms with Crippen molar-refractivity contribution in [1.29, 1.82) is 0 Å². The second kappa shape index (κ2) is 6.86. The molecule has 3 amide bonds. The minimum Gasteiger partial charge on any atom is -0.355 e. The number of carbonyl (C=O) groups excluding carboxylic acids is 2. The summed E-state index contributed by atoms with van der Waals surface area (Å²) in [5.74, 6) is -0.222. The molecule has 1 aromatic rings. The van der Waals surface area contributed by atoms with Crippen molar-refractivity contribution in [3.63, 3.8) is 0 Å². The van der Waals surface area contributed by atoms with Gasteiger partial charge in [0, 0.05) is 17.3 Å². The number of anilines is 1. The van der Waals surface area contributed by atoms with Gasteiger partial charge in [0.25, 0.3) is 0 Å². The smallest absolute Gasteiger partial charge is 0.319 e. The molecule has 0 spiro atoms. The largest absolute Gasteiger partial charge is 0.355 e. The average Bonchev–Trinajstić information content (AvgIpc) is 2.31. The lowest BCUT2D eigenvalue weighted by atomic mass is 10.2. The SMILES string of the molecule is CCNC(=O)CNC(=O)Nc1ccc(Cl)cc1C. The van der Waals surface area contributed by atoms with E-state index in [1.54, 1.807) is 18.2 Å². The van der Waals surface area contributed by atoms with Gasteiger partial charge >= 0.3 is 6.03 Å². The zero-order valence-corrected chi connectivity index (χ0v) is 11.1. The van der Waals surface area contributed by atoms with Gasteiger partial charge in [-0.3, -0.25) is 4.79 Å². The molecule has 0 saturated carbocycles. The zero-order chi connectivity index (χ0) is 13.5. The molecule has 0 aliphatic carbocycles. The van der Waals surface area contributed by atoms with Gasteiger partial charge in [0.15, 0.2) is 0 Å². The third kappa shape index (κ3) is 4.63. The standard InChI is InChI=1S/C12H16ClN3O2/c1-3-14-11(17)7-15-12(18)16-10-5-4-9(13)6-8(10)2/h4-6H,3,7H2,1-2H3,(H,14,17)(H2,15,16,18). The van der Waals surface area contributed by atoms with Gasteiger partial charge in [0.2, 0.25) is 5.91 Å². The minimum absolute atomic E-state index is 0.0493. The van der Waals surface area contributed by atoms with Gasteiger partial charge in [-0.05, 0) is 37.6 Å². The highest BCUT2D eigenvalue weighted by Gasteiger charge is 2.06. The Balaban J connectivity index is 2.47. The van der Waals surface area contributed by atoms with E-state index in [1.165, 1.54) is 0 Å². The molecule has 3 N–H and O–H groups in total. The first kappa shape index (κ1) is 14.3. The van der Waals surface area contributed by atoms with Crippen LogP contribution in [0.25, 0.3) is 0 Å². The molecule has 0 aliphatic rings. The molecule has 0 saturated heterocycles. The second-order valence-corrected chi connectivity index (χ2v) is 4.16. The van der Waals surface area contributed by atoms with E-state index in [2.05, 4.69) is 16.0 Å². The summed E-state index contributed by atoms with van der Waals surface area (Å²) in [6.45, 7) is 4.14. The molecule has 0 radical (unpaired) electrons. The molecule has 0 atom stereocenters. The highest BCUT2D eigenvalue weighted by molar-refractivity contribution is 6.30. The summed E-state index contributed by atoms with van der Waals surface area (Å²) in [5, 5.41) is 8.31. The van der Waals surface area contributed by atoms with E-state index in [0.717, 1.165) is 5.56 Å². The van der Waals surface area contributed by atoms with Gasteiger partial charge in [-0.25, -0.2) is 4.79 Å². The maximum Gasteiger partial charge on any atom is 0.319 e. The van der Waals surface area contributed by atoms with Crippen molar-refractivity contribution in [2.24, 2.45) is 0 Å². The summed E-state index contributed by atoms with van der Waals surface area (Å²) in [7, 11) is 0. The quantitative estimate of drug-likeness (QED) is 0.781. The number of amides is 3. The summed E-state index contributed by atoms with van der Waals surface area (Å²) in [6, 6.07) is 4.73. The highest BCUT2D eigenvalue weighted by Crippen LogP contribution is 2.19. The van der Waals surface area contributed by atoms with Crippen LogP contribution >= 0.6 is 11.6 Å². The van der Waals surface area contributed by atoms with E-state index in [-0.39, 0.29) is 12.5 Å². The maximum atomic E-state index is 11.5. The van der Waals surface area contributed by atoms with Gasteiger partial charge in [0.05, 0.1) is 6.54 Å². The monoisotopic (exact) mass is 269 g/mol. The predicted molar refractivity (Wildman–Crippen MR) is 71.9 cm³/mol. The number of rotatable bonds is 4. The molecule has 6 heteroatoms. The summed E-state index contributed by atoms with van der Waals surface area (Å²) in [6.07, 6.45) is 0. The number of nitrogens with one attached hydrogen (secondary N) is 3. The van der Waals surface area contributed by atoms with Crippen LogP contribution < -0.4 is 16.0 Å². The Labute approximate surface area is 111 Å². The van der Waals surface area contributed by atoms with E-state index in [9.17, 15) is 9.59 Å². The van der Waals surface area contributed by atoms with Crippen molar-refractivity contribution >= 4 is 29.2 Å². The van der Waals surface area contributed by atoms with Crippen LogP contribution in [0.4, 0.5) is 10.5 Å². The molecule has 0 bridgehead atoms. The Kier molecular flexibility index (Phi) is 5.45. The molecule has 0 aliphatic heterocycles. The van der Waals surface area contributed by atoms with E-state index in [4.69, 9.17) is 11.6 Å². The first-order chi connectivity index (χ1) is 8.52. The van der Waals surface area contributed by atoms with Gasteiger partial charge in [-0.15, -0.1) is 0 Å². The van der Waals surface area contributed by atoms with Crippen molar-refractivity contribution in [2.45, 2.75) is 13.8 Å². The summed E-state index contributed by atoms with van der Waals surface area (Å²) in [5.41, 5.74) is 1.52. The molecule has 1 rings (SSSR count). The Morgan fingerprint density at radius 3 is 2.61 bits per heavy atom. The zero-order valence-electron chi connectivity index (χ0n) is 10.3. The van der Waals surface area contributed by atoms with Crippen molar-refractivity contribution < 1.29 is 9.59 Å². The van der Waals surface area contributed by atoms with Crippen molar-refractivity contribution in [2.75, 3.05) is 18.4 Å². The second-order valence-electron chi connectivity index (χ2n) is 3.72. The maximum absolute atomic E-state index is 11.5. The van der Waals surface area contributed by atoms with E-state index < -0.39 is 6.03 Å². The number of aryl methyl sites for hydroxylation is 1. The normalized spacial score (nSPS) is 9.72. The van der Waals surface area contributed by atoms with Gasteiger partial charge < -0.3 is 16.0 Å². The molecule has 98 valence electrons. The molecule has 0 heterocycles. The molecular formula is C12H16ClN3O2. The number of hydrogen-bond acceptors (Lipinski definition) is 2. The predicted octanol–water partition coefficient (Wildman–Crippen LogP) is 1.91. The topological polar surface area (TPSA) is 70.2 Å². The number of halogens is 1. The van der Waals surface area contributed by atoms with Crippen LogP contribution in [0.15, 0.2) is 18.2 Å². The number of benzene rings is 1. The van der Waals surface area contributed by atoms with Gasteiger partial charge in [0.1, 0.15) is 0 Å². The number of carbonyl (C=O) groups is 2. The van der Waals surface area contributed by atoms with Crippen LogP contribution in [0.5, 0.6) is 0 Å².